The fourth-order valence-corrected chi connectivity index (χ4v) is 1.82. The lowest BCUT2D eigenvalue weighted by Crippen LogP contribution is -2.27. The summed E-state index contributed by atoms with van der Waals surface area (Å²) >= 11 is 0. The van der Waals surface area contributed by atoms with Gasteiger partial charge in [0.2, 0.25) is 5.91 Å². The summed E-state index contributed by atoms with van der Waals surface area (Å²) in [4.78, 5) is 11.6. The summed E-state index contributed by atoms with van der Waals surface area (Å²) < 4.78 is 26.5. The number of benzene rings is 1. The van der Waals surface area contributed by atoms with Gasteiger partial charge in [-0.3, -0.25) is 4.79 Å². The molecule has 0 saturated heterocycles. The van der Waals surface area contributed by atoms with Crippen molar-refractivity contribution in [1.82, 2.24) is 5.32 Å². The zero-order valence-electron chi connectivity index (χ0n) is 11.2. The van der Waals surface area contributed by atoms with E-state index >= 15 is 0 Å². The Labute approximate surface area is 112 Å². The normalized spacial score (nSPS) is 13.9. The highest BCUT2D eigenvalue weighted by Crippen LogP contribution is 2.18. The van der Waals surface area contributed by atoms with Crippen molar-refractivity contribution in [3.8, 4) is 0 Å². The zero-order valence-corrected chi connectivity index (χ0v) is 11.2. The van der Waals surface area contributed by atoms with Crippen LogP contribution in [0.5, 0.6) is 0 Å². The average Bonchev–Trinajstić information content (AvgIpc) is 2.31. The Balaban J connectivity index is 2.52. The Kier molecular flexibility index (Phi) is 5.89. The van der Waals surface area contributed by atoms with E-state index in [-0.39, 0.29) is 17.5 Å². The first kappa shape index (κ1) is 15.6. The lowest BCUT2D eigenvalue weighted by Gasteiger charge is -2.15. The van der Waals surface area contributed by atoms with Gasteiger partial charge in [-0.15, -0.1) is 0 Å². The van der Waals surface area contributed by atoms with Gasteiger partial charge in [0.15, 0.2) is 0 Å². The molecule has 0 bridgehead atoms. The number of nitrogens with one attached hydrogen (secondary N) is 1. The van der Waals surface area contributed by atoms with Gasteiger partial charge in [-0.25, -0.2) is 8.78 Å². The summed E-state index contributed by atoms with van der Waals surface area (Å²) in [6, 6.07) is 2.71. The van der Waals surface area contributed by atoms with E-state index in [0.29, 0.717) is 12.8 Å². The molecule has 1 rings (SSSR count). The van der Waals surface area contributed by atoms with E-state index in [0.717, 1.165) is 24.6 Å². The third-order valence-corrected chi connectivity index (χ3v) is 2.87. The topological polar surface area (TPSA) is 55.1 Å². The standard InChI is InChI=1S/C14H20F2N2O/c1-9(17)4-3-5-14(19)18-10(2)12-8-11(15)6-7-13(12)16/h6-10H,3-5,17H2,1-2H3,(H,18,19). The average molecular weight is 270 g/mol. The van der Waals surface area contributed by atoms with Crippen molar-refractivity contribution in [3.63, 3.8) is 0 Å². The van der Waals surface area contributed by atoms with Crippen LogP contribution in [0, 0.1) is 11.6 Å². The van der Waals surface area contributed by atoms with Crippen molar-refractivity contribution in [2.24, 2.45) is 5.73 Å². The fourth-order valence-electron chi connectivity index (χ4n) is 1.82. The van der Waals surface area contributed by atoms with Gasteiger partial charge in [-0.05, 0) is 44.9 Å². The van der Waals surface area contributed by atoms with Crippen molar-refractivity contribution < 1.29 is 13.6 Å². The molecule has 1 aromatic carbocycles. The molecule has 0 aromatic heterocycles. The number of halogens is 2. The quantitative estimate of drug-likeness (QED) is 0.835. The van der Waals surface area contributed by atoms with Crippen LogP contribution in [0.1, 0.15) is 44.7 Å². The van der Waals surface area contributed by atoms with Crippen LogP contribution < -0.4 is 11.1 Å². The van der Waals surface area contributed by atoms with Crippen LogP contribution in [-0.4, -0.2) is 11.9 Å². The summed E-state index contributed by atoms with van der Waals surface area (Å²) in [5.41, 5.74) is 5.74. The molecule has 0 aliphatic carbocycles. The van der Waals surface area contributed by atoms with E-state index in [1.165, 1.54) is 0 Å². The Morgan fingerprint density at radius 3 is 2.68 bits per heavy atom. The summed E-state index contributed by atoms with van der Waals surface area (Å²) in [6.45, 7) is 3.50. The van der Waals surface area contributed by atoms with Crippen LogP contribution in [0.15, 0.2) is 18.2 Å². The van der Waals surface area contributed by atoms with Crippen LogP contribution in [0.4, 0.5) is 8.78 Å². The predicted octanol–water partition coefficient (Wildman–Crippen LogP) is 2.66. The third-order valence-electron chi connectivity index (χ3n) is 2.87. The van der Waals surface area contributed by atoms with Crippen molar-refractivity contribution >= 4 is 5.91 Å². The molecule has 0 radical (unpaired) electrons. The number of nitrogens with two attached hydrogens (primary N) is 1. The Hall–Kier alpha value is -1.49. The number of carbonyl (C=O) groups excluding carboxylic acids is 1. The molecule has 2 atom stereocenters. The molecule has 0 spiro atoms. The SMILES string of the molecule is CC(N)CCCC(=O)NC(C)c1cc(F)ccc1F. The molecule has 3 N–H and O–H groups in total. The Bertz CT molecular complexity index is 435. The second-order valence-corrected chi connectivity index (χ2v) is 4.82. The van der Waals surface area contributed by atoms with Gasteiger partial charge in [-0.2, -0.15) is 0 Å². The number of rotatable bonds is 6. The maximum atomic E-state index is 13.5. The lowest BCUT2D eigenvalue weighted by molar-refractivity contribution is -0.121. The first-order chi connectivity index (χ1) is 8.90. The van der Waals surface area contributed by atoms with Crippen molar-refractivity contribution in [2.45, 2.75) is 45.2 Å². The minimum Gasteiger partial charge on any atom is -0.349 e. The molecule has 0 fully saturated rings. The van der Waals surface area contributed by atoms with Gasteiger partial charge in [0.1, 0.15) is 11.6 Å². The van der Waals surface area contributed by atoms with Gasteiger partial charge in [-0.1, -0.05) is 0 Å². The molecule has 19 heavy (non-hydrogen) atoms. The Morgan fingerprint density at radius 1 is 1.37 bits per heavy atom. The van der Waals surface area contributed by atoms with Crippen molar-refractivity contribution in [2.75, 3.05) is 0 Å². The largest absolute Gasteiger partial charge is 0.349 e. The summed E-state index contributed by atoms with van der Waals surface area (Å²) in [5.74, 6) is -1.23. The summed E-state index contributed by atoms with van der Waals surface area (Å²) in [7, 11) is 0. The molecular formula is C14H20F2N2O. The highest BCUT2D eigenvalue weighted by molar-refractivity contribution is 5.76. The lowest BCUT2D eigenvalue weighted by atomic mass is 10.1. The molecule has 0 aliphatic heterocycles. The molecule has 0 saturated carbocycles. The van der Waals surface area contributed by atoms with Gasteiger partial charge in [0, 0.05) is 18.0 Å². The van der Waals surface area contributed by atoms with Gasteiger partial charge in [0.05, 0.1) is 6.04 Å². The predicted molar refractivity (Wildman–Crippen MR) is 70.4 cm³/mol. The number of carbonyl (C=O) groups is 1. The van der Waals surface area contributed by atoms with Crippen LogP contribution in [0.2, 0.25) is 0 Å². The minimum atomic E-state index is -0.557. The molecule has 0 aliphatic rings. The molecule has 5 heteroatoms. The maximum absolute atomic E-state index is 13.5. The van der Waals surface area contributed by atoms with Gasteiger partial charge in [0.25, 0.3) is 0 Å². The summed E-state index contributed by atoms with van der Waals surface area (Å²) in [5, 5.41) is 2.65. The molecule has 2 unspecified atom stereocenters. The van der Waals surface area contributed by atoms with E-state index in [1.54, 1.807) is 6.92 Å². The smallest absolute Gasteiger partial charge is 0.220 e. The monoisotopic (exact) mass is 270 g/mol. The molecule has 1 amide bonds. The van der Waals surface area contributed by atoms with E-state index in [9.17, 15) is 13.6 Å². The van der Waals surface area contributed by atoms with E-state index in [2.05, 4.69) is 5.32 Å². The zero-order chi connectivity index (χ0) is 14.4. The molecular weight excluding hydrogens is 250 g/mol. The van der Waals surface area contributed by atoms with Crippen molar-refractivity contribution in [1.29, 1.82) is 0 Å². The first-order valence-electron chi connectivity index (χ1n) is 6.40. The van der Waals surface area contributed by atoms with Crippen LogP contribution in [0.3, 0.4) is 0 Å². The fraction of sp³-hybridized carbons (Fsp3) is 0.500. The van der Waals surface area contributed by atoms with Crippen LogP contribution in [-0.2, 0) is 4.79 Å². The molecule has 106 valence electrons. The molecule has 0 heterocycles. The number of hydrogen-bond donors (Lipinski definition) is 2. The first-order valence-corrected chi connectivity index (χ1v) is 6.40. The molecule has 1 aromatic rings. The van der Waals surface area contributed by atoms with Crippen LogP contribution in [0.25, 0.3) is 0 Å². The number of amides is 1. The molecule has 3 nitrogen and oxygen atoms in total. The van der Waals surface area contributed by atoms with Gasteiger partial charge < -0.3 is 11.1 Å². The maximum Gasteiger partial charge on any atom is 0.220 e. The second-order valence-electron chi connectivity index (χ2n) is 4.82. The third kappa shape index (κ3) is 5.34. The second kappa shape index (κ2) is 7.19. The minimum absolute atomic E-state index is 0.0610. The van der Waals surface area contributed by atoms with E-state index in [1.807, 2.05) is 6.92 Å². The highest BCUT2D eigenvalue weighted by atomic mass is 19.1. The van der Waals surface area contributed by atoms with E-state index in [4.69, 9.17) is 5.73 Å². The highest BCUT2D eigenvalue weighted by Gasteiger charge is 2.14. The van der Waals surface area contributed by atoms with Crippen molar-refractivity contribution in [3.05, 3.63) is 35.4 Å². The van der Waals surface area contributed by atoms with Gasteiger partial charge >= 0.3 is 0 Å². The number of hydrogen-bond acceptors (Lipinski definition) is 2. The van der Waals surface area contributed by atoms with E-state index < -0.39 is 17.7 Å². The van der Waals surface area contributed by atoms with Crippen LogP contribution >= 0.6 is 0 Å². The summed E-state index contributed by atoms with van der Waals surface area (Å²) in [6.07, 6.45) is 1.78. The Morgan fingerprint density at radius 2 is 2.05 bits per heavy atom.